The van der Waals surface area contributed by atoms with Crippen LogP contribution in [0.25, 0.3) is 55.8 Å². The number of H-pyrrole nitrogens is 2. The Bertz CT molecular complexity index is 1930. The number of amides is 1. The molecule has 1 aromatic carbocycles. The molecule has 4 N–H and O–H groups in total. The molecular formula is C32H32FN9O. The van der Waals surface area contributed by atoms with E-state index in [4.69, 9.17) is 4.98 Å². The Morgan fingerprint density at radius 2 is 1.88 bits per heavy atom. The SMILES string of the molecule is CCCC(=O)Nc1cncc(-c2ccc3[nH]nc(-c4cc5c(-c6cc(F)cc(NCCN(C)C)c6)ccnc5[nH]4)c3n2)c1. The van der Waals surface area contributed by atoms with Gasteiger partial charge in [-0.2, -0.15) is 5.10 Å². The molecule has 0 saturated carbocycles. The first-order valence-electron chi connectivity index (χ1n) is 14.2. The summed E-state index contributed by atoms with van der Waals surface area (Å²) >= 11 is 0. The molecule has 5 aromatic heterocycles. The number of likely N-dealkylation sites (N-methyl/N-ethyl adjacent to an activating group) is 1. The lowest BCUT2D eigenvalue weighted by atomic mass is 10.0. The highest BCUT2D eigenvalue weighted by atomic mass is 19.1. The molecule has 0 aliphatic heterocycles. The number of nitrogens with one attached hydrogen (secondary N) is 4. The van der Waals surface area contributed by atoms with Gasteiger partial charge in [-0.25, -0.2) is 14.4 Å². The van der Waals surface area contributed by atoms with Gasteiger partial charge in [-0.05, 0) is 80.2 Å². The Balaban J connectivity index is 1.35. The predicted molar refractivity (Wildman–Crippen MR) is 168 cm³/mol. The van der Waals surface area contributed by atoms with Gasteiger partial charge in [-0.1, -0.05) is 6.92 Å². The summed E-state index contributed by atoms with van der Waals surface area (Å²) in [5.41, 5.74) is 7.85. The summed E-state index contributed by atoms with van der Waals surface area (Å²) in [6, 6.07) is 14.5. The Hall–Kier alpha value is -5.16. The van der Waals surface area contributed by atoms with Crippen LogP contribution in [0.2, 0.25) is 0 Å². The van der Waals surface area contributed by atoms with Gasteiger partial charge in [-0.15, -0.1) is 0 Å². The van der Waals surface area contributed by atoms with Crippen molar-refractivity contribution in [3.63, 3.8) is 0 Å². The van der Waals surface area contributed by atoms with Crippen molar-refractivity contribution in [2.75, 3.05) is 37.8 Å². The van der Waals surface area contributed by atoms with E-state index in [1.807, 2.05) is 57.4 Å². The molecule has 0 spiro atoms. The number of anilines is 2. The monoisotopic (exact) mass is 577 g/mol. The normalized spacial score (nSPS) is 11.5. The number of halogens is 1. The highest BCUT2D eigenvalue weighted by molar-refractivity contribution is 5.99. The Morgan fingerprint density at radius 1 is 1.02 bits per heavy atom. The fourth-order valence-corrected chi connectivity index (χ4v) is 5.02. The van der Waals surface area contributed by atoms with Crippen molar-refractivity contribution < 1.29 is 9.18 Å². The zero-order valence-electron chi connectivity index (χ0n) is 24.2. The second-order valence-electron chi connectivity index (χ2n) is 10.7. The third-order valence-corrected chi connectivity index (χ3v) is 7.09. The van der Waals surface area contributed by atoms with Crippen LogP contribution in [-0.2, 0) is 4.79 Å². The molecule has 11 heteroatoms. The number of fused-ring (bicyclic) bond motifs is 2. The van der Waals surface area contributed by atoms with Gasteiger partial charge in [0.2, 0.25) is 5.91 Å². The first-order valence-corrected chi connectivity index (χ1v) is 14.2. The molecule has 0 radical (unpaired) electrons. The molecule has 0 fully saturated rings. The number of rotatable bonds is 10. The van der Waals surface area contributed by atoms with Crippen LogP contribution in [0.5, 0.6) is 0 Å². The number of aromatic amines is 2. The van der Waals surface area contributed by atoms with E-state index in [2.05, 4.69) is 40.7 Å². The zero-order chi connectivity index (χ0) is 29.9. The van der Waals surface area contributed by atoms with Crippen molar-refractivity contribution in [2.24, 2.45) is 0 Å². The van der Waals surface area contributed by atoms with E-state index in [1.54, 1.807) is 18.6 Å². The van der Waals surface area contributed by atoms with Gasteiger partial charge in [0, 0.05) is 48.5 Å². The summed E-state index contributed by atoms with van der Waals surface area (Å²) in [6.07, 6.45) is 6.26. The van der Waals surface area contributed by atoms with E-state index in [9.17, 15) is 9.18 Å². The molecule has 1 amide bonds. The van der Waals surface area contributed by atoms with E-state index in [-0.39, 0.29) is 11.7 Å². The van der Waals surface area contributed by atoms with Gasteiger partial charge in [0.1, 0.15) is 22.7 Å². The van der Waals surface area contributed by atoms with Crippen LogP contribution in [0.3, 0.4) is 0 Å². The minimum absolute atomic E-state index is 0.0520. The molecule has 43 heavy (non-hydrogen) atoms. The molecule has 10 nitrogen and oxygen atoms in total. The molecule has 6 aromatic rings. The average molecular weight is 578 g/mol. The largest absolute Gasteiger partial charge is 0.384 e. The first-order chi connectivity index (χ1) is 20.9. The lowest BCUT2D eigenvalue weighted by Crippen LogP contribution is -2.20. The van der Waals surface area contributed by atoms with Gasteiger partial charge in [-0.3, -0.25) is 14.9 Å². The molecule has 5 heterocycles. The molecule has 218 valence electrons. The van der Waals surface area contributed by atoms with Gasteiger partial charge >= 0.3 is 0 Å². The molecule has 6 rings (SSSR count). The van der Waals surface area contributed by atoms with E-state index in [0.29, 0.717) is 41.2 Å². The van der Waals surface area contributed by atoms with Crippen molar-refractivity contribution in [3.05, 3.63) is 72.9 Å². The number of hydrogen-bond donors (Lipinski definition) is 4. The molecule has 0 bridgehead atoms. The number of aromatic nitrogens is 6. The van der Waals surface area contributed by atoms with E-state index >= 15 is 0 Å². The van der Waals surface area contributed by atoms with E-state index in [0.717, 1.165) is 51.9 Å². The topological polar surface area (TPSA) is 128 Å². The predicted octanol–water partition coefficient (Wildman–Crippen LogP) is 6.08. The lowest BCUT2D eigenvalue weighted by molar-refractivity contribution is -0.116. The fraction of sp³-hybridized carbons (Fsp3) is 0.219. The highest BCUT2D eigenvalue weighted by Gasteiger charge is 2.17. The third kappa shape index (κ3) is 6.07. The summed E-state index contributed by atoms with van der Waals surface area (Å²) < 4.78 is 14.7. The van der Waals surface area contributed by atoms with Crippen LogP contribution in [0.4, 0.5) is 15.8 Å². The zero-order valence-corrected chi connectivity index (χ0v) is 24.2. The van der Waals surface area contributed by atoms with Crippen LogP contribution in [0.1, 0.15) is 19.8 Å². The van der Waals surface area contributed by atoms with Gasteiger partial charge in [0.05, 0.1) is 28.8 Å². The number of pyridine rings is 3. The van der Waals surface area contributed by atoms with Crippen LogP contribution in [0.15, 0.2) is 67.1 Å². The number of hydrogen-bond acceptors (Lipinski definition) is 7. The fourth-order valence-electron chi connectivity index (χ4n) is 5.02. The summed E-state index contributed by atoms with van der Waals surface area (Å²) in [6.45, 7) is 3.49. The van der Waals surface area contributed by atoms with Gasteiger partial charge in [0.15, 0.2) is 0 Å². The van der Waals surface area contributed by atoms with Crippen LogP contribution in [0, 0.1) is 5.82 Å². The second kappa shape index (κ2) is 12.0. The average Bonchev–Trinajstić information content (AvgIpc) is 3.60. The molecule has 0 aliphatic carbocycles. The number of nitrogens with zero attached hydrogens (tertiary/aromatic N) is 5. The maximum Gasteiger partial charge on any atom is 0.224 e. The number of benzene rings is 1. The van der Waals surface area contributed by atoms with Crippen molar-refractivity contribution in [1.82, 2.24) is 35.0 Å². The van der Waals surface area contributed by atoms with Gasteiger partial charge in [0.25, 0.3) is 0 Å². The summed E-state index contributed by atoms with van der Waals surface area (Å²) in [5, 5.41) is 14.7. The Morgan fingerprint density at radius 3 is 2.72 bits per heavy atom. The van der Waals surface area contributed by atoms with Crippen LogP contribution >= 0.6 is 0 Å². The molecular weight excluding hydrogens is 545 g/mol. The Kier molecular flexibility index (Phi) is 7.80. The standard InChI is InChI=1S/C32H32FN9O/c1-4-5-29(43)37-23-14-20(17-34-18-23)26-6-7-27-30(38-26)31(41-40-27)28-16-25-24(8-9-36-32(25)39-28)19-12-21(33)15-22(13-19)35-10-11-42(2)3/h6-9,12-18,35H,4-5,10-11H2,1-3H3,(H,36,39)(H,37,43)(H,40,41). The maximum atomic E-state index is 14.7. The van der Waals surface area contributed by atoms with Crippen LogP contribution in [-0.4, -0.2) is 68.1 Å². The minimum Gasteiger partial charge on any atom is -0.384 e. The Labute approximate surface area is 247 Å². The highest BCUT2D eigenvalue weighted by Crippen LogP contribution is 2.34. The molecule has 0 atom stereocenters. The summed E-state index contributed by atoms with van der Waals surface area (Å²) in [4.78, 5) is 31.3. The van der Waals surface area contributed by atoms with Crippen molar-refractivity contribution >= 4 is 39.3 Å². The quantitative estimate of drug-likeness (QED) is 0.155. The first kappa shape index (κ1) is 28.0. The molecule has 0 aliphatic rings. The number of carbonyl (C=O) groups excluding carboxylic acids is 1. The number of carbonyl (C=O) groups is 1. The third-order valence-electron chi connectivity index (χ3n) is 7.09. The second-order valence-corrected chi connectivity index (χ2v) is 10.7. The molecule has 0 unspecified atom stereocenters. The van der Waals surface area contributed by atoms with E-state index < -0.39 is 0 Å². The summed E-state index contributed by atoms with van der Waals surface area (Å²) in [5.74, 6) is -0.368. The lowest BCUT2D eigenvalue weighted by Gasteiger charge is -2.13. The van der Waals surface area contributed by atoms with E-state index in [1.165, 1.54) is 12.1 Å². The van der Waals surface area contributed by atoms with Crippen molar-refractivity contribution in [3.8, 4) is 33.8 Å². The minimum atomic E-state index is -0.316. The maximum absolute atomic E-state index is 14.7. The van der Waals surface area contributed by atoms with Crippen molar-refractivity contribution in [1.29, 1.82) is 0 Å². The summed E-state index contributed by atoms with van der Waals surface area (Å²) in [7, 11) is 4.00. The van der Waals surface area contributed by atoms with Crippen LogP contribution < -0.4 is 10.6 Å². The van der Waals surface area contributed by atoms with Crippen molar-refractivity contribution in [2.45, 2.75) is 19.8 Å². The van der Waals surface area contributed by atoms with Gasteiger partial charge < -0.3 is 20.5 Å². The molecule has 0 saturated heterocycles. The smallest absolute Gasteiger partial charge is 0.224 e.